The van der Waals surface area contributed by atoms with Crippen molar-refractivity contribution < 1.29 is 0 Å². The van der Waals surface area contributed by atoms with E-state index in [9.17, 15) is 0 Å². The number of aromatic nitrogens is 1. The molecule has 13 rings (SSSR count). The van der Waals surface area contributed by atoms with Crippen molar-refractivity contribution in [2.24, 2.45) is 0 Å². The molecule has 0 amide bonds. The maximum Gasteiger partial charge on any atom is 0.198 e. The van der Waals surface area contributed by atoms with Crippen molar-refractivity contribution in [3.05, 3.63) is 173 Å². The summed E-state index contributed by atoms with van der Waals surface area (Å²) in [5, 5.41) is 9.45. The number of rotatable bonds is 3. The first-order valence-electron chi connectivity index (χ1n) is 23.9. The highest BCUT2D eigenvalue weighted by Crippen LogP contribution is 2.55. The third kappa shape index (κ3) is 5.43. The maximum absolute atomic E-state index is 4.05. The number of nitrogens with zero attached hydrogens (tertiary/aromatic N) is 1. The lowest BCUT2D eigenvalue weighted by Crippen LogP contribution is -2.37. The SMILES string of the molecule is CC(C)(C)c1ccc(Nc2cc3c(cc2-c2ccc4c5c6c(ccc5n5c4c2Bc2cc4c(cc2-5)sc2ccccc24)C(C)(C)c2ccccc2-6)-c2ccc(C(C)(C)C)cc2C3(C)C)cc1. The number of hydrogen-bond acceptors (Lipinski definition) is 2. The predicted molar refractivity (Wildman–Crippen MR) is 288 cm³/mol. The molecule has 4 heteroatoms. The Hall–Kier alpha value is -6.36. The summed E-state index contributed by atoms with van der Waals surface area (Å²) in [5.74, 6) is 0. The van der Waals surface area contributed by atoms with Crippen LogP contribution in [0.5, 0.6) is 0 Å². The third-order valence-electron chi connectivity index (χ3n) is 15.9. The van der Waals surface area contributed by atoms with Gasteiger partial charge in [-0.25, -0.2) is 0 Å². The second-order valence-corrected chi connectivity index (χ2v) is 23.7. The molecule has 322 valence electrons. The van der Waals surface area contributed by atoms with E-state index >= 15 is 0 Å². The van der Waals surface area contributed by atoms with E-state index in [4.69, 9.17) is 0 Å². The highest BCUT2D eigenvalue weighted by atomic mass is 32.1. The summed E-state index contributed by atoms with van der Waals surface area (Å²) in [6, 6.07) is 54.3. The quantitative estimate of drug-likeness (QED) is 0.175. The second kappa shape index (κ2) is 13.2. The highest BCUT2D eigenvalue weighted by molar-refractivity contribution is 7.25. The molecule has 0 atom stereocenters. The fourth-order valence-electron chi connectivity index (χ4n) is 12.3. The average Bonchev–Trinajstić information content (AvgIpc) is 3.96. The summed E-state index contributed by atoms with van der Waals surface area (Å²) in [7, 11) is 0.844. The minimum Gasteiger partial charge on any atom is -0.355 e. The number of nitrogens with one attached hydrogen (secondary N) is 1. The molecule has 2 aliphatic carbocycles. The van der Waals surface area contributed by atoms with Gasteiger partial charge in [-0.1, -0.05) is 172 Å². The fourth-order valence-corrected chi connectivity index (χ4v) is 13.4. The first-order valence-corrected chi connectivity index (χ1v) is 24.7. The fraction of sp³-hybridized carbons (Fsp3) is 0.226. The Morgan fingerprint density at radius 1 is 0.515 bits per heavy atom. The van der Waals surface area contributed by atoms with Crippen molar-refractivity contribution in [2.75, 3.05) is 5.32 Å². The standard InChI is InChI=1S/C62H55BN2S/c1-59(2,3)34-19-22-36(23-20-34)64-50-32-48-42(37-24-21-35(60(4,5)6)29-47(37)62(48,9)10)30-43(50)39-25-26-41-56-51(28-27-46-55(56)40-16-11-13-17-45(40)61(46,7)8)65-52-33-54-44(31-49(52)63-57(39)58(41)65)38-15-12-14-18-53(38)66-54/h11-33,63-64H,1-10H3. The summed E-state index contributed by atoms with van der Waals surface area (Å²) >= 11 is 1.91. The minimum absolute atomic E-state index is 0.0582. The highest BCUT2D eigenvalue weighted by Gasteiger charge is 2.40. The molecule has 0 radical (unpaired) electrons. The van der Waals surface area contributed by atoms with Crippen molar-refractivity contribution in [3.8, 4) is 39.1 Å². The monoisotopic (exact) mass is 870 g/mol. The zero-order valence-electron chi connectivity index (χ0n) is 39.8. The Morgan fingerprint density at radius 2 is 1.21 bits per heavy atom. The Morgan fingerprint density at radius 3 is 2.00 bits per heavy atom. The molecule has 3 aliphatic rings. The van der Waals surface area contributed by atoms with Gasteiger partial charge in [0, 0.05) is 64.5 Å². The molecule has 3 heterocycles. The van der Waals surface area contributed by atoms with Crippen LogP contribution in [0.4, 0.5) is 11.4 Å². The van der Waals surface area contributed by atoms with E-state index in [1.54, 1.807) is 0 Å². The van der Waals surface area contributed by atoms with Crippen LogP contribution in [0.2, 0.25) is 0 Å². The molecular weight excluding hydrogens is 816 g/mol. The molecule has 10 aromatic rings. The summed E-state index contributed by atoms with van der Waals surface area (Å²) in [6.45, 7) is 23.5. The van der Waals surface area contributed by atoms with Gasteiger partial charge in [0.05, 0.1) is 5.52 Å². The van der Waals surface area contributed by atoms with E-state index in [1.165, 1.54) is 125 Å². The van der Waals surface area contributed by atoms with Crippen molar-refractivity contribution in [3.63, 3.8) is 0 Å². The third-order valence-corrected chi connectivity index (χ3v) is 17.1. The molecule has 0 saturated carbocycles. The van der Waals surface area contributed by atoms with Crippen LogP contribution in [-0.2, 0) is 21.7 Å². The lowest BCUT2D eigenvalue weighted by Gasteiger charge is -2.27. The lowest BCUT2D eigenvalue weighted by atomic mass is 9.59. The van der Waals surface area contributed by atoms with Gasteiger partial charge in [-0.05, 0) is 125 Å². The summed E-state index contributed by atoms with van der Waals surface area (Å²) in [6.07, 6.45) is 0. The van der Waals surface area contributed by atoms with E-state index < -0.39 is 0 Å². The summed E-state index contributed by atoms with van der Waals surface area (Å²) < 4.78 is 5.34. The smallest absolute Gasteiger partial charge is 0.198 e. The van der Waals surface area contributed by atoms with E-state index in [-0.39, 0.29) is 21.7 Å². The second-order valence-electron chi connectivity index (χ2n) is 22.7. The first-order chi connectivity index (χ1) is 31.5. The largest absolute Gasteiger partial charge is 0.355 e. The molecule has 0 bridgehead atoms. The van der Waals surface area contributed by atoms with Gasteiger partial charge in [-0.15, -0.1) is 11.3 Å². The summed E-state index contributed by atoms with van der Waals surface area (Å²) in [5.41, 5.74) is 25.1. The van der Waals surface area contributed by atoms with Crippen LogP contribution >= 0.6 is 11.3 Å². The first kappa shape index (κ1) is 40.0. The van der Waals surface area contributed by atoms with Gasteiger partial charge in [0.1, 0.15) is 0 Å². The number of fused-ring (bicyclic) bond motifs is 15. The van der Waals surface area contributed by atoms with Crippen molar-refractivity contribution in [1.29, 1.82) is 0 Å². The number of benzene rings is 8. The Balaban J connectivity index is 1.12. The van der Waals surface area contributed by atoms with Crippen LogP contribution in [0.1, 0.15) is 103 Å². The van der Waals surface area contributed by atoms with Crippen LogP contribution in [0.15, 0.2) is 140 Å². The molecule has 1 N–H and O–H groups in total. The Labute approximate surface area is 393 Å². The molecular formula is C62H55BN2S. The van der Waals surface area contributed by atoms with Gasteiger partial charge in [0.25, 0.3) is 0 Å². The number of hydrogen-bond donors (Lipinski definition) is 1. The molecule has 0 spiro atoms. The molecule has 2 aromatic heterocycles. The van der Waals surface area contributed by atoms with Crippen LogP contribution in [0.25, 0.3) is 81.0 Å². The zero-order chi connectivity index (χ0) is 45.4. The topological polar surface area (TPSA) is 17.0 Å². The van der Waals surface area contributed by atoms with E-state index in [1.807, 2.05) is 11.3 Å². The maximum atomic E-state index is 4.05. The molecule has 0 fully saturated rings. The number of thiophene rings is 1. The molecule has 0 saturated heterocycles. The van der Waals surface area contributed by atoms with E-state index in [2.05, 4.69) is 219 Å². The van der Waals surface area contributed by atoms with Crippen molar-refractivity contribution >= 4 is 82.9 Å². The molecule has 1 aliphatic heterocycles. The zero-order valence-corrected chi connectivity index (χ0v) is 40.7. The van der Waals surface area contributed by atoms with Gasteiger partial charge < -0.3 is 9.88 Å². The van der Waals surface area contributed by atoms with Gasteiger partial charge in [0.15, 0.2) is 7.28 Å². The van der Waals surface area contributed by atoms with Crippen LogP contribution in [0, 0.1) is 0 Å². The van der Waals surface area contributed by atoms with Crippen molar-refractivity contribution in [2.45, 2.75) is 90.9 Å². The van der Waals surface area contributed by atoms with Gasteiger partial charge in [-0.2, -0.15) is 0 Å². The lowest BCUT2D eigenvalue weighted by molar-refractivity contribution is 0.584. The molecule has 66 heavy (non-hydrogen) atoms. The molecule has 8 aromatic carbocycles. The van der Waals surface area contributed by atoms with E-state index in [0.717, 1.165) is 18.7 Å². The van der Waals surface area contributed by atoms with Gasteiger partial charge in [0.2, 0.25) is 0 Å². The predicted octanol–water partition coefficient (Wildman–Crippen LogP) is 15.5. The summed E-state index contributed by atoms with van der Waals surface area (Å²) in [4.78, 5) is 0. The van der Waals surface area contributed by atoms with Crippen LogP contribution < -0.4 is 16.2 Å². The minimum atomic E-state index is -0.167. The van der Waals surface area contributed by atoms with Gasteiger partial charge >= 0.3 is 0 Å². The molecule has 0 unspecified atom stereocenters. The Bertz CT molecular complexity index is 3770. The number of anilines is 2. The van der Waals surface area contributed by atoms with E-state index in [0.29, 0.717) is 0 Å². The molecule has 2 nitrogen and oxygen atoms in total. The average molecular weight is 871 g/mol. The normalized spacial score (nSPS) is 15.2. The van der Waals surface area contributed by atoms with Crippen LogP contribution in [0.3, 0.4) is 0 Å². The van der Waals surface area contributed by atoms with Gasteiger partial charge in [-0.3, -0.25) is 0 Å². The Kier molecular flexibility index (Phi) is 7.97. The van der Waals surface area contributed by atoms with Crippen molar-refractivity contribution in [1.82, 2.24) is 4.57 Å². The van der Waals surface area contributed by atoms with Crippen LogP contribution in [-0.4, -0.2) is 11.8 Å².